The predicted molar refractivity (Wildman–Crippen MR) is 111 cm³/mol. The van der Waals surface area contributed by atoms with Crippen LogP contribution in [-0.2, 0) is 11.3 Å². The van der Waals surface area contributed by atoms with Crippen molar-refractivity contribution in [1.82, 2.24) is 5.32 Å². The Balaban J connectivity index is 0.00000225. The number of benzene rings is 2. The summed E-state index contributed by atoms with van der Waals surface area (Å²) in [4.78, 5) is 12.6. The van der Waals surface area contributed by atoms with Gasteiger partial charge >= 0.3 is 0 Å². The molecule has 3 N–H and O–H groups in total. The zero-order chi connectivity index (χ0) is 18.8. The summed E-state index contributed by atoms with van der Waals surface area (Å²) in [5, 5.41) is 3.06. The minimum Gasteiger partial charge on any atom is -0.493 e. The molecule has 2 saturated carbocycles. The van der Waals surface area contributed by atoms with Gasteiger partial charge in [0.1, 0.15) is 5.75 Å². The van der Waals surface area contributed by atoms with Gasteiger partial charge in [0.2, 0.25) is 5.91 Å². The first-order valence-electron chi connectivity index (χ1n) is 9.59. The molecule has 2 bridgehead atoms. The van der Waals surface area contributed by atoms with Crippen molar-refractivity contribution in [3.05, 3.63) is 54.1 Å². The molecule has 0 saturated heterocycles. The van der Waals surface area contributed by atoms with E-state index in [4.69, 9.17) is 15.2 Å². The van der Waals surface area contributed by atoms with Crippen molar-refractivity contribution in [2.24, 2.45) is 23.5 Å². The molecule has 1 amide bonds. The van der Waals surface area contributed by atoms with Crippen LogP contribution in [0.2, 0.25) is 0 Å². The highest BCUT2D eigenvalue weighted by Crippen LogP contribution is 2.47. The number of carbonyl (C=O) groups is 1. The fourth-order valence-corrected chi connectivity index (χ4v) is 4.54. The third kappa shape index (κ3) is 4.10. The van der Waals surface area contributed by atoms with Crippen molar-refractivity contribution < 1.29 is 14.3 Å². The zero-order valence-corrected chi connectivity index (χ0v) is 16.8. The van der Waals surface area contributed by atoms with Crippen LogP contribution in [0.15, 0.2) is 48.5 Å². The lowest BCUT2D eigenvalue weighted by Gasteiger charge is -2.27. The molecule has 0 aromatic heterocycles. The number of carbonyl (C=O) groups excluding carboxylic acids is 1. The summed E-state index contributed by atoms with van der Waals surface area (Å²) in [6.45, 7) is 0.508. The minimum absolute atomic E-state index is 0. The first-order valence-corrected chi connectivity index (χ1v) is 9.59. The van der Waals surface area contributed by atoms with E-state index in [2.05, 4.69) is 5.32 Å². The number of halogens is 1. The summed E-state index contributed by atoms with van der Waals surface area (Å²) < 4.78 is 11.2. The van der Waals surface area contributed by atoms with E-state index in [0.717, 1.165) is 24.2 Å². The lowest BCUT2D eigenvalue weighted by atomic mass is 9.84. The van der Waals surface area contributed by atoms with Gasteiger partial charge in [-0.1, -0.05) is 24.3 Å². The summed E-state index contributed by atoms with van der Waals surface area (Å²) in [5.74, 6) is 3.19. The van der Waals surface area contributed by atoms with E-state index in [9.17, 15) is 4.79 Å². The van der Waals surface area contributed by atoms with E-state index in [1.807, 2.05) is 48.5 Å². The fourth-order valence-electron chi connectivity index (χ4n) is 4.54. The maximum Gasteiger partial charge on any atom is 0.225 e. The Morgan fingerprint density at radius 3 is 2.39 bits per heavy atom. The van der Waals surface area contributed by atoms with Crippen LogP contribution >= 0.6 is 12.4 Å². The first-order chi connectivity index (χ1) is 13.2. The largest absolute Gasteiger partial charge is 0.493 e. The topological polar surface area (TPSA) is 73.6 Å². The third-order valence-electron chi connectivity index (χ3n) is 5.97. The van der Waals surface area contributed by atoms with Gasteiger partial charge in [0.15, 0.2) is 11.5 Å². The van der Waals surface area contributed by atoms with Crippen molar-refractivity contribution >= 4 is 18.3 Å². The molecule has 0 aliphatic heterocycles. The van der Waals surface area contributed by atoms with E-state index < -0.39 is 0 Å². The highest BCUT2D eigenvalue weighted by Gasteiger charge is 2.48. The molecule has 6 heteroatoms. The van der Waals surface area contributed by atoms with Crippen molar-refractivity contribution in [3.8, 4) is 17.2 Å². The molecular formula is C22H27ClN2O3. The van der Waals surface area contributed by atoms with Gasteiger partial charge in [-0.25, -0.2) is 0 Å². The average Bonchev–Trinajstić information content (AvgIpc) is 3.29. The van der Waals surface area contributed by atoms with E-state index in [0.29, 0.717) is 29.9 Å². The average molecular weight is 403 g/mol. The van der Waals surface area contributed by atoms with Crippen LogP contribution in [0.4, 0.5) is 0 Å². The molecule has 150 valence electrons. The molecule has 5 nitrogen and oxygen atoms in total. The third-order valence-corrected chi connectivity index (χ3v) is 5.97. The molecule has 4 rings (SSSR count). The standard InChI is InChI=1S/C22H26N2O3.ClH/c1-26-18-4-2-3-5-19(18)27-17-10-6-14(7-11-17)13-24-22(25)20-15-8-9-16(12-15)21(20)23;/h2-7,10-11,15-16,20-21H,8-9,12-13,23H2,1H3,(H,24,25);1H. The highest BCUT2D eigenvalue weighted by atomic mass is 35.5. The van der Waals surface area contributed by atoms with Crippen molar-refractivity contribution in [1.29, 1.82) is 0 Å². The summed E-state index contributed by atoms with van der Waals surface area (Å²) in [7, 11) is 1.62. The van der Waals surface area contributed by atoms with Crippen LogP contribution in [0, 0.1) is 17.8 Å². The molecule has 2 aliphatic rings. The van der Waals surface area contributed by atoms with Gasteiger partial charge in [0.25, 0.3) is 0 Å². The lowest BCUT2D eigenvalue weighted by Crippen LogP contribution is -2.45. The van der Waals surface area contributed by atoms with Crippen LogP contribution in [-0.4, -0.2) is 19.1 Å². The van der Waals surface area contributed by atoms with Crippen LogP contribution in [0.1, 0.15) is 24.8 Å². The van der Waals surface area contributed by atoms with Gasteiger partial charge in [-0.2, -0.15) is 0 Å². The molecule has 2 fully saturated rings. The Morgan fingerprint density at radius 2 is 1.75 bits per heavy atom. The monoisotopic (exact) mass is 402 g/mol. The van der Waals surface area contributed by atoms with Crippen molar-refractivity contribution in [2.45, 2.75) is 31.8 Å². The number of para-hydroxylation sites is 2. The lowest BCUT2D eigenvalue weighted by molar-refractivity contribution is -0.127. The Morgan fingerprint density at radius 1 is 1.07 bits per heavy atom. The predicted octanol–water partition coefficient (Wildman–Crippen LogP) is 3.90. The Kier molecular flexibility index (Phi) is 6.47. The van der Waals surface area contributed by atoms with E-state index in [-0.39, 0.29) is 30.3 Å². The maximum absolute atomic E-state index is 12.6. The number of fused-ring (bicyclic) bond motifs is 2. The second-order valence-electron chi connectivity index (χ2n) is 7.55. The smallest absolute Gasteiger partial charge is 0.225 e. The van der Waals surface area contributed by atoms with Gasteiger partial charge in [-0.15, -0.1) is 12.4 Å². The number of hydrogen-bond donors (Lipinski definition) is 2. The summed E-state index contributed by atoms with van der Waals surface area (Å²) in [6, 6.07) is 15.3. The molecular weight excluding hydrogens is 376 g/mol. The minimum atomic E-state index is -0.0168. The molecule has 2 aromatic carbocycles. The number of rotatable bonds is 6. The molecule has 0 radical (unpaired) electrons. The second-order valence-corrected chi connectivity index (χ2v) is 7.55. The van der Waals surface area contributed by atoms with Crippen LogP contribution in [0.5, 0.6) is 17.2 Å². The molecule has 28 heavy (non-hydrogen) atoms. The molecule has 0 spiro atoms. The summed E-state index contributed by atoms with van der Waals surface area (Å²) >= 11 is 0. The number of hydrogen-bond acceptors (Lipinski definition) is 4. The van der Waals surface area contributed by atoms with Crippen LogP contribution in [0.25, 0.3) is 0 Å². The van der Waals surface area contributed by atoms with E-state index in [1.165, 1.54) is 6.42 Å². The van der Waals surface area contributed by atoms with Gasteiger partial charge in [0.05, 0.1) is 13.0 Å². The molecule has 4 unspecified atom stereocenters. The van der Waals surface area contributed by atoms with Gasteiger partial charge in [-0.3, -0.25) is 4.79 Å². The van der Waals surface area contributed by atoms with E-state index in [1.54, 1.807) is 7.11 Å². The SMILES string of the molecule is COc1ccccc1Oc1ccc(CNC(=O)C2C3CCC(C3)C2N)cc1.Cl. The first kappa shape index (κ1) is 20.5. The number of methoxy groups -OCH3 is 1. The van der Waals surface area contributed by atoms with Gasteiger partial charge < -0.3 is 20.5 Å². The summed E-state index contributed by atoms with van der Waals surface area (Å²) in [6.07, 6.45) is 3.45. The number of amides is 1. The number of nitrogens with two attached hydrogens (primary N) is 1. The molecule has 0 heterocycles. The van der Waals surface area contributed by atoms with Crippen molar-refractivity contribution in [2.75, 3.05) is 7.11 Å². The van der Waals surface area contributed by atoms with Gasteiger partial charge in [-0.05, 0) is 60.9 Å². The highest BCUT2D eigenvalue weighted by molar-refractivity contribution is 5.85. The fraction of sp³-hybridized carbons (Fsp3) is 0.409. The summed E-state index contributed by atoms with van der Waals surface area (Å²) in [5.41, 5.74) is 7.30. The van der Waals surface area contributed by atoms with E-state index >= 15 is 0 Å². The molecule has 2 aromatic rings. The Bertz CT molecular complexity index is 810. The van der Waals surface area contributed by atoms with Gasteiger partial charge in [0, 0.05) is 12.6 Å². The Hall–Kier alpha value is -2.24. The maximum atomic E-state index is 12.6. The molecule has 4 atom stereocenters. The van der Waals surface area contributed by atoms with Crippen LogP contribution < -0.4 is 20.5 Å². The quantitative estimate of drug-likeness (QED) is 0.768. The molecule has 2 aliphatic carbocycles. The van der Waals surface area contributed by atoms with Crippen LogP contribution in [0.3, 0.4) is 0 Å². The zero-order valence-electron chi connectivity index (χ0n) is 16.0. The Labute approximate surface area is 172 Å². The van der Waals surface area contributed by atoms with Crippen molar-refractivity contribution in [3.63, 3.8) is 0 Å². The number of ether oxygens (including phenoxy) is 2. The number of nitrogens with one attached hydrogen (secondary N) is 1. The normalized spacial score (nSPS) is 25.1. The second kappa shape index (κ2) is 8.84.